The number of carbonyl (C=O) groups is 2. The highest BCUT2D eigenvalue weighted by atomic mass is 16.3. The molecule has 23 heavy (non-hydrogen) atoms. The first-order chi connectivity index (χ1) is 11.1. The third kappa shape index (κ3) is 5.06. The van der Waals surface area contributed by atoms with Crippen LogP contribution >= 0.6 is 0 Å². The number of nitrogens with one attached hydrogen (secondary N) is 1. The Balaban J connectivity index is 1.74. The fraction of sp³-hybridized carbons (Fsp3) is 0.556. The number of rotatable bonds is 6. The van der Waals surface area contributed by atoms with Crippen molar-refractivity contribution in [3.05, 3.63) is 35.9 Å². The van der Waals surface area contributed by atoms with E-state index < -0.39 is 0 Å². The van der Waals surface area contributed by atoms with Gasteiger partial charge in [0, 0.05) is 19.5 Å². The summed E-state index contributed by atoms with van der Waals surface area (Å²) in [6, 6.07) is 9.45. The number of likely N-dealkylation sites (tertiary alicyclic amines) is 1. The van der Waals surface area contributed by atoms with E-state index in [0.717, 1.165) is 18.4 Å². The summed E-state index contributed by atoms with van der Waals surface area (Å²) in [6.07, 6.45) is 2.63. The van der Waals surface area contributed by atoms with Crippen molar-refractivity contribution in [2.75, 3.05) is 19.7 Å². The number of nitrogens with zero attached hydrogens (tertiary/aromatic N) is 1. The third-order valence-electron chi connectivity index (χ3n) is 4.49. The van der Waals surface area contributed by atoms with E-state index in [0.29, 0.717) is 25.4 Å². The lowest BCUT2D eigenvalue weighted by atomic mass is 9.91. The second kappa shape index (κ2) is 8.67. The Hall–Kier alpha value is -1.88. The zero-order valence-corrected chi connectivity index (χ0v) is 13.7. The Kier molecular flexibility index (Phi) is 6.59. The molecule has 1 aromatic rings. The molecule has 0 bridgehead atoms. The summed E-state index contributed by atoms with van der Waals surface area (Å²) >= 11 is 0. The molecular weight excluding hydrogens is 292 g/mol. The molecule has 1 aliphatic heterocycles. The second-order valence-electron chi connectivity index (χ2n) is 6.22. The van der Waals surface area contributed by atoms with Gasteiger partial charge in [-0.25, -0.2) is 0 Å². The smallest absolute Gasteiger partial charge is 0.224 e. The van der Waals surface area contributed by atoms with Crippen molar-refractivity contribution in [2.45, 2.75) is 38.6 Å². The quantitative estimate of drug-likeness (QED) is 0.832. The molecule has 2 amide bonds. The van der Waals surface area contributed by atoms with Gasteiger partial charge in [-0.3, -0.25) is 9.59 Å². The maximum Gasteiger partial charge on any atom is 0.224 e. The molecule has 2 unspecified atom stereocenters. The molecule has 1 heterocycles. The van der Waals surface area contributed by atoms with Crippen LogP contribution in [-0.2, 0) is 16.0 Å². The van der Waals surface area contributed by atoms with Crippen LogP contribution in [0.5, 0.6) is 0 Å². The Morgan fingerprint density at radius 3 is 2.74 bits per heavy atom. The van der Waals surface area contributed by atoms with Crippen molar-refractivity contribution in [1.29, 1.82) is 0 Å². The molecule has 1 fully saturated rings. The van der Waals surface area contributed by atoms with E-state index in [-0.39, 0.29) is 30.9 Å². The molecule has 2 atom stereocenters. The van der Waals surface area contributed by atoms with Crippen LogP contribution in [0.4, 0.5) is 0 Å². The summed E-state index contributed by atoms with van der Waals surface area (Å²) in [5.74, 6) is 0.260. The van der Waals surface area contributed by atoms with Gasteiger partial charge in [0.25, 0.3) is 0 Å². The van der Waals surface area contributed by atoms with Crippen LogP contribution in [0.1, 0.15) is 31.7 Å². The van der Waals surface area contributed by atoms with Crippen LogP contribution in [0.25, 0.3) is 0 Å². The Morgan fingerprint density at radius 1 is 1.30 bits per heavy atom. The van der Waals surface area contributed by atoms with Crippen LogP contribution in [0.2, 0.25) is 0 Å². The van der Waals surface area contributed by atoms with E-state index in [9.17, 15) is 14.7 Å². The predicted molar refractivity (Wildman–Crippen MR) is 88.8 cm³/mol. The number of hydrogen-bond donors (Lipinski definition) is 2. The molecular formula is C18H26N2O3. The first-order valence-corrected chi connectivity index (χ1v) is 8.32. The van der Waals surface area contributed by atoms with Gasteiger partial charge in [-0.1, -0.05) is 37.3 Å². The van der Waals surface area contributed by atoms with Crippen LogP contribution in [0, 0.1) is 5.92 Å². The molecule has 0 saturated carbocycles. The van der Waals surface area contributed by atoms with Crippen LogP contribution in [-0.4, -0.2) is 47.6 Å². The summed E-state index contributed by atoms with van der Waals surface area (Å²) in [6.45, 7) is 3.12. The average molecular weight is 318 g/mol. The standard InChI is InChI=1S/C18H26N2O3/c1-14-6-5-11-20(16(14)13-21)18(23)9-10-19-17(22)12-15-7-3-2-4-8-15/h2-4,7-8,14,16,21H,5-6,9-13H2,1H3,(H,19,22). The molecule has 0 aromatic heterocycles. The minimum absolute atomic E-state index is 0.00722. The topological polar surface area (TPSA) is 69.6 Å². The molecule has 5 nitrogen and oxygen atoms in total. The maximum atomic E-state index is 12.3. The number of aliphatic hydroxyl groups excluding tert-OH is 1. The van der Waals surface area contributed by atoms with E-state index in [1.54, 1.807) is 4.90 Å². The first-order valence-electron chi connectivity index (χ1n) is 8.32. The van der Waals surface area contributed by atoms with Gasteiger partial charge in [0.2, 0.25) is 11.8 Å². The number of carbonyl (C=O) groups excluding carboxylic acids is 2. The summed E-state index contributed by atoms with van der Waals surface area (Å²) in [4.78, 5) is 26.0. The van der Waals surface area contributed by atoms with Crippen LogP contribution in [0.15, 0.2) is 30.3 Å². The molecule has 1 saturated heterocycles. The van der Waals surface area contributed by atoms with Gasteiger partial charge >= 0.3 is 0 Å². The highest BCUT2D eigenvalue weighted by Gasteiger charge is 2.30. The molecule has 126 valence electrons. The number of piperidine rings is 1. The molecule has 1 aromatic carbocycles. The van der Waals surface area contributed by atoms with Gasteiger partial charge in [-0.15, -0.1) is 0 Å². The predicted octanol–water partition coefficient (Wildman–Crippen LogP) is 1.35. The maximum absolute atomic E-state index is 12.3. The molecule has 2 rings (SSSR count). The third-order valence-corrected chi connectivity index (χ3v) is 4.49. The Bertz CT molecular complexity index is 518. The Labute approximate surface area is 137 Å². The highest BCUT2D eigenvalue weighted by molar-refractivity contribution is 5.80. The number of hydrogen-bond acceptors (Lipinski definition) is 3. The zero-order valence-electron chi connectivity index (χ0n) is 13.7. The Morgan fingerprint density at radius 2 is 2.04 bits per heavy atom. The van der Waals surface area contributed by atoms with Crippen LogP contribution < -0.4 is 5.32 Å². The summed E-state index contributed by atoms with van der Waals surface area (Å²) < 4.78 is 0. The lowest BCUT2D eigenvalue weighted by Gasteiger charge is -2.39. The molecule has 0 spiro atoms. The number of amides is 2. The molecule has 1 aliphatic rings. The van der Waals surface area contributed by atoms with Gasteiger partial charge < -0.3 is 15.3 Å². The highest BCUT2D eigenvalue weighted by Crippen LogP contribution is 2.23. The second-order valence-corrected chi connectivity index (χ2v) is 6.22. The van der Waals surface area contributed by atoms with Crippen molar-refractivity contribution in [2.24, 2.45) is 5.92 Å². The molecule has 5 heteroatoms. The van der Waals surface area contributed by atoms with E-state index in [1.165, 1.54) is 0 Å². The normalized spacial score (nSPS) is 21.0. The van der Waals surface area contributed by atoms with Crippen molar-refractivity contribution in [3.8, 4) is 0 Å². The number of benzene rings is 1. The largest absolute Gasteiger partial charge is 0.394 e. The van der Waals surface area contributed by atoms with E-state index in [1.807, 2.05) is 30.3 Å². The van der Waals surface area contributed by atoms with Gasteiger partial charge in [-0.2, -0.15) is 0 Å². The van der Waals surface area contributed by atoms with Gasteiger partial charge in [-0.05, 0) is 24.3 Å². The van der Waals surface area contributed by atoms with Gasteiger partial charge in [0.1, 0.15) is 0 Å². The van der Waals surface area contributed by atoms with Crippen molar-refractivity contribution < 1.29 is 14.7 Å². The zero-order chi connectivity index (χ0) is 16.7. The minimum Gasteiger partial charge on any atom is -0.394 e. The van der Waals surface area contributed by atoms with Crippen molar-refractivity contribution in [3.63, 3.8) is 0 Å². The molecule has 0 radical (unpaired) electrons. The van der Waals surface area contributed by atoms with Crippen molar-refractivity contribution in [1.82, 2.24) is 10.2 Å². The summed E-state index contributed by atoms with van der Waals surface area (Å²) in [5.41, 5.74) is 0.960. The molecule has 0 aliphatic carbocycles. The lowest BCUT2D eigenvalue weighted by Crippen LogP contribution is -2.50. The molecule has 2 N–H and O–H groups in total. The fourth-order valence-corrected chi connectivity index (χ4v) is 3.13. The first kappa shape index (κ1) is 17.5. The van der Waals surface area contributed by atoms with Crippen molar-refractivity contribution >= 4 is 11.8 Å². The summed E-state index contributed by atoms with van der Waals surface area (Å²) in [7, 11) is 0. The van der Waals surface area contributed by atoms with E-state index in [4.69, 9.17) is 0 Å². The van der Waals surface area contributed by atoms with E-state index >= 15 is 0 Å². The minimum atomic E-state index is -0.0868. The van der Waals surface area contributed by atoms with Gasteiger partial charge in [0.05, 0.1) is 19.1 Å². The van der Waals surface area contributed by atoms with Crippen LogP contribution in [0.3, 0.4) is 0 Å². The van der Waals surface area contributed by atoms with E-state index in [2.05, 4.69) is 12.2 Å². The lowest BCUT2D eigenvalue weighted by molar-refractivity contribution is -0.137. The average Bonchev–Trinajstić information content (AvgIpc) is 2.55. The fourth-order valence-electron chi connectivity index (χ4n) is 3.13. The van der Waals surface area contributed by atoms with Gasteiger partial charge in [0.15, 0.2) is 0 Å². The SMILES string of the molecule is CC1CCCN(C(=O)CCNC(=O)Cc2ccccc2)C1CO. The number of aliphatic hydroxyl groups is 1. The monoisotopic (exact) mass is 318 g/mol. The summed E-state index contributed by atoms with van der Waals surface area (Å²) in [5, 5.41) is 12.3.